The average molecular weight is 392 g/mol. The number of nitrogens with zero attached hydrogens (tertiary/aromatic N) is 5. The van der Waals surface area contributed by atoms with Crippen LogP contribution in [0.4, 0.5) is 24.5 Å². The second-order valence-corrected chi connectivity index (χ2v) is 5.54. The monoisotopic (exact) mass is 392 g/mol. The fourth-order valence-electron chi connectivity index (χ4n) is 2.32. The van der Waals surface area contributed by atoms with Crippen molar-refractivity contribution in [2.45, 2.75) is 12.7 Å². The Labute approximate surface area is 154 Å². The van der Waals surface area contributed by atoms with Gasteiger partial charge in [-0.05, 0) is 23.4 Å². The van der Waals surface area contributed by atoms with Crippen LogP contribution >= 0.6 is 0 Å². The molecular formula is C16H11F3N6O3. The number of nitro benzene ring substituents is 1. The predicted molar refractivity (Wildman–Crippen MR) is 90.0 cm³/mol. The van der Waals surface area contributed by atoms with Crippen molar-refractivity contribution in [1.82, 2.24) is 20.2 Å². The zero-order valence-corrected chi connectivity index (χ0v) is 13.9. The minimum atomic E-state index is -4.52. The SMILES string of the molecule is O=C(Cn1nnc(-c2cccc(C(F)(F)F)c2)n1)Nc1ccccc1[N+](=O)[O-]. The van der Waals surface area contributed by atoms with E-state index in [-0.39, 0.29) is 22.8 Å². The van der Waals surface area contributed by atoms with Crippen LogP contribution in [0, 0.1) is 10.1 Å². The zero-order valence-electron chi connectivity index (χ0n) is 13.9. The fraction of sp³-hybridized carbons (Fsp3) is 0.125. The summed E-state index contributed by atoms with van der Waals surface area (Å²) in [5.74, 6) is -0.758. The summed E-state index contributed by atoms with van der Waals surface area (Å²) in [5, 5.41) is 24.5. The molecule has 0 fully saturated rings. The molecule has 1 heterocycles. The fourth-order valence-corrected chi connectivity index (χ4v) is 2.32. The normalized spacial score (nSPS) is 11.2. The Morgan fingerprint density at radius 2 is 1.93 bits per heavy atom. The summed E-state index contributed by atoms with van der Waals surface area (Å²) in [6.45, 7) is -0.433. The summed E-state index contributed by atoms with van der Waals surface area (Å²) in [5.41, 5.74) is -1.07. The summed E-state index contributed by atoms with van der Waals surface area (Å²) in [7, 11) is 0. The van der Waals surface area contributed by atoms with Crippen molar-refractivity contribution in [3.63, 3.8) is 0 Å². The number of carbonyl (C=O) groups is 1. The molecule has 3 aromatic rings. The Morgan fingerprint density at radius 3 is 2.64 bits per heavy atom. The number of nitrogens with one attached hydrogen (secondary N) is 1. The number of tetrazole rings is 1. The van der Waals surface area contributed by atoms with E-state index in [1.54, 1.807) is 0 Å². The number of rotatable bonds is 5. The van der Waals surface area contributed by atoms with Crippen LogP contribution in [0.5, 0.6) is 0 Å². The molecule has 0 unspecified atom stereocenters. The molecule has 12 heteroatoms. The van der Waals surface area contributed by atoms with E-state index < -0.39 is 29.1 Å². The first kappa shape index (κ1) is 18.9. The van der Waals surface area contributed by atoms with Gasteiger partial charge in [0.05, 0.1) is 10.5 Å². The van der Waals surface area contributed by atoms with E-state index >= 15 is 0 Å². The third kappa shape index (κ3) is 4.28. The highest BCUT2D eigenvalue weighted by atomic mass is 19.4. The first-order valence-corrected chi connectivity index (χ1v) is 7.73. The quantitative estimate of drug-likeness (QED) is 0.527. The van der Waals surface area contributed by atoms with Crippen molar-refractivity contribution in [2.75, 3.05) is 5.32 Å². The number of para-hydroxylation sites is 2. The molecule has 0 aliphatic carbocycles. The topological polar surface area (TPSA) is 116 Å². The number of anilines is 1. The number of carbonyl (C=O) groups excluding carboxylic acids is 1. The van der Waals surface area contributed by atoms with Crippen molar-refractivity contribution in [3.8, 4) is 11.4 Å². The first-order chi connectivity index (χ1) is 13.2. The summed E-state index contributed by atoms with van der Waals surface area (Å²) < 4.78 is 38.4. The molecular weight excluding hydrogens is 381 g/mol. The zero-order chi connectivity index (χ0) is 20.3. The lowest BCUT2D eigenvalue weighted by Crippen LogP contribution is -2.21. The number of nitro groups is 1. The number of hydrogen-bond acceptors (Lipinski definition) is 6. The van der Waals surface area contributed by atoms with Gasteiger partial charge in [-0.3, -0.25) is 14.9 Å². The molecule has 1 N–H and O–H groups in total. The van der Waals surface area contributed by atoms with Crippen LogP contribution in [0.1, 0.15) is 5.56 Å². The Balaban J connectivity index is 1.73. The van der Waals surface area contributed by atoms with Crippen LogP contribution in [0.2, 0.25) is 0 Å². The van der Waals surface area contributed by atoms with Crippen LogP contribution in [0.25, 0.3) is 11.4 Å². The second kappa shape index (κ2) is 7.42. The van der Waals surface area contributed by atoms with E-state index in [1.807, 2.05) is 0 Å². The number of alkyl halides is 3. The molecule has 0 saturated heterocycles. The Morgan fingerprint density at radius 1 is 1.18 bits per heavy atom. The second-order valence-electron chi connectivity index (χ2n) is 5.54. The largest absolute Gasteiger partial charge is 0.416 e. The van der Waals surface area contributed by atoms with Crippen molar-refractivity contribution in [3.05, 3.63) is 64.2 Å². The Hall–Kier alpha value is -3.83. The van der Waals surface area contributed by atoms with Crippen molar-refractivity contribution >= 4 is 17.3 Å². The Kier molecular flexibility index (Phi) is 5.02. The molecule has 0 bridgehead atoms. The van der Waals surface area contributed by atoms with Gasteiger partial charge in [0.25, 0.3) is 5.69 Å². The summed E-state index contributed by atoms with van der Waals surface area (Å²) in [6, 6.07) is 9.93. The van der Waals surface area contributed by atoms with Crippen LogP contribution in [-0.2, 0) is 17.5 Å². The van der Waals surface area contributed by atoms with Crippen molar-refractivity contribution < 1.29 is 22.9 Å². The molecule has 0 radical (unpaired) electrons. The summed E-state index contributed by atoms with van der Waals surface area (Å²) in [4.78, 5) is 23.3. The van der Waals surface area contributed by atoms with E-state index in [2.05, 4.69) is 20.7 Å². The first-order valence-electron chi connectivity index (χ1n) is 7.73. The van der Waals surface area contributed by atoms with Gasteiger partial charge in [-0.15, -0.1) is 10.2 Å². The van der Waals surface area contributed by atoms with Gasteiger partial charge in [0, 0.05) is 11.6 Å². The van der Waals surface area contributed by atoms with Gasteiger partial charge in [-0.2, -0.15) is 18.0 Å². The van der Waals surface area contributed by atoms with Gasteiger partial charge < -0.3 is 5.32 Å². The molecule has 144 valence electrons. The summed E-state index contributed by atoms with van der Waals surface area (Å²) >= 11 is 0. The van der Waals surface area contributed by atoms with E-state index in [0.29, 0.717) is 0 Å². The lowest BCUT2D eigenvalue weighted by Gasteiger charge is -2.06. The highest BCUT2D eigenvalue weighted by molar-refractivity contribution is 5.92. The van der Waals surface area contributed by atoms with Gasteiger partial charge in [0.2, 0.25) is 11.7 Å². The molecule has 28 heavy (non-hydrogen) atoms. The number of hydrogen-bond donors (Lipinski definition) is 1. The maximum atomic E-state index is 12.8. The molecule has 0 aliphatic heterocycles. The van der Waals surface area contributed by atoms with Gasteiger partial charge >= 0.3 is 6.18 Å². The number of amides is 1. The molecule has 0 atom stereocenters. The maximum Gasteiger partial charge on any atom is 0.416 e. The lowest BCUT2D eigenvalue weighted by molar-refractivity contribution is -0.383. The van der Waals surface area contributed by atoms with Crippen molar-refractivity contribution in [1.29, 1.82) is 0 Å². The third-order valence-electron chi connectivity index (χ3n) is 3.56. The lowest BCUT2D eigenvalue weighted by atomic mass is 10.1. The molecule has 0 spiro atoms. The van der Waals surface area contributed by atoms with Gasteiger partial charge in [0.1, 0.15) is 12.2 Å². The molecule has 1 aromatic heterocycles. The van der Waals surface area contributed by atoms with Crippen LogP contribution in [0.15, 0.2) is 48.5 Å². The van der Waals surface area contributed by atoms with E-state index in [4.69, 9.17) is 0 Å². The molecule has 2 aromatic carbocycles. The highest BCUT2D eigenvalue weighted by Gasteiger charge is 2.30. The van der Waals surface area contributed by atoms with Crippen LogP contribution < -0.4 is 5.32 Å². The van der Waals surface area contributed by atoms with Gasteiger partial charge in [-0.25, -0.2) is 0 Å². The van der Waals surface area contributed by atoms with Crippen LogP contribution in [-0.4, -0.2) is 31.0 Å². The highest BCUT2D eigenvalue weighted by Crippen LogP contribution is 2.31. The van der Waals surface area contributed by atoms with E-state index in [0.717, 1.165) is 16.9 Å². The average Bonchev–Trinajstić information content (AvgIpc) is 3.09. The van der Waals surface area contributed by atoms with Gasteiger partial charge in [0.15, 0.2) is 0 Å². The maximum absolute atomic E-state index is 12.8. The molecule has 9 nitrogen and oxygen atoms in total. The van der Waals surface area contributed by atoms with E-state index in [9.17, 15) is 28.1 Å². The predicted octanol–water partition coefficient (Wildman–Crippen LogP) is 2.91. The third-order valence-corrected chi connectivity index (χ3v) is 3.56. The molecule has 0 aliphatic rings. The van der Waals surface area contributed by atoms with Crippen molar-refractivity contribution in [2.24, 2.45) is 0 Å². The van der Waals surface area contributed by atoms with Gasteiger partial charge in [-0.1, -0.05) is 24.3 Å². The number of benzene rings is 2. The summed E-state index contributed by atoms with van der Waals surface area (Å²) in [6.07, 6.45) is -4.52. The smallest absolute Gasteiger partial charge is 0.319 e. The molecule has 0 saturated carbocycles. The minimum Gasteiger partial charge on any atom is -0.319 e. The molecule has 1 amide bonds. The minimum absolute atomic E-state index is 0.00397. The van der Waals surface area contributed by atoms with Crippen LogP contribution in [0.3, 0.4) is 0 Å². The van der Waals surface area contributed by atoms with E-state index in [1.165, 1.54) is 36.4 Å². The molecule has 3 rings (SSSR count). The number of halogens is 3. The standard InChI is InChI=1S/C16H11F3N6O3/c17-16(18,19)11-5-3-4-10(8-11)15-21-23-24(22-15)9-14(26)20-12-6-1-2-7-13(12)25(27)28/h1-8H,9H2,(H,20,26). The Bertz CT molecular complexity index is 1030. The number of aromatic nitrogens is 4.